The van der Waals surface area contributed by atoms with Gasteiger partial charge in [-0.3, -0.25) is 14.5 Å². The molecule has 0 bridgehead atoms. The zero-order valence-corrected chi connectivity index (χ0v) is 19.4. The zero-order valence-electron chi connectivity index (χ0n) is 15.4. The Morgan fingerprint density at radius 3 is 2.97 bits per heavy atom. The molecule has 11 heteroatoms. The smallest absolute Gasteiger partial charge is 0.227 e. The SMILES string of the molecule is O=C(CCn1c(-c2cccs2)n[nH]c1=S)Nc1ncc(Cc2cc(Cl)ccc2Cl)s1. The summed E-state index contributed by atoms with van der Waals surface area (Å²) in [5, 5.41) is 13.7. The molecule has 154 valence electrons. The van der Waals surface area contributed by atoms with Crippen molar-refractivity contribution in [2.75, 3.05) is 5.32 Å². The Morgan fingerprint density at radius 2 is 2.17 bits per heavy atom. The second kappa shape index (κ2) is 9.40. The van der Waals surface area contributed by atoms with Gasteiger partial charge in [-0.25, -0.2) is 4.98 Å². The number of hydrogen-bond donors (Lipinski definition) is 2. The molecule has 0 unspecified atom stereocenters. The number of benzene rings is 1. The molecular formula is C19H15Cl2N5OS3. The van der Waals surface area contributed by atoms with Crippen LogP contribution in [0.2, 0.25) is 10.0 Å². The molecule has 1 aromatic carbocycles. The summed E-state index contributed by atoms with van der Waals surface area (Å²) in [7, 11) is 0. The lowest BCUT2D eigenvalue weighted by molar-refractivity contribution is -0.116. The number of thiophene rings is 1. The maximum absolute atomic E-state index is 12.4. The normalized spacial score (nSPS) is 11.0. The molecule has 0 radical (unpaired) electrons. The molecule has 0 atom stereocenters. The lowest BCUT2D eigenvalue weighted by Crippen LogP contribution is -2.14. The van der Waals surface area contributed by atoms with Gasteiger partial charge in [0.25, 0.3) is 0 Å². The Kier molecular flexibility index (Phi) is 6.64. The van der Waals surface area contributed by atoms with Crippen LogP contribution in [0, 0.1) is 4.77 Å². The van der Waals surface area contributed by atoms with E-state index in [-0.39, 0.29) is 12.3 Å². The number of nitrogens with one attached hydrogen (secondary N) is 2. The van der Waals surface area contributed by atoms with Crippen molar-refractivity contribution >= 4 is 69.1 Å². The van der Waals surface area contributed by atoms with Crippen LogP contribution >= 0.6 is 58.1 Å². The van der Waals surface area contributed by atoms with Crippen LogP contribution in [0.5, 0.6) is 0 Å². The number of aromatic nitrogens is 4. The van der Waals surface area contributed by atoms with Gasteiger partial charge in [-0.2, -0.15) is 5.10 Å². The quantitative estimate of drug-likeness (QED) is 0.306. The van der Waals surface area contributed by atoms with Crippen molar-refractivity contribution in [2.24, 2.45) is 0 Å². The molecule has 2 N–H and O–H groups in total. The lowest BCUT2D eigenvalue weighted by Gasteiger charge is -2.05. The van der Waals surface area contributed by atoms with Gasteiger partial charge in [0.05, 0.1) is 4.88 Å². The number of carbonyl (C=O) groups is 1. The molecule has 0 fully saturated rings. The van der Waals surface area contributed by atoms with E-state index in [1.165, 1.54) is 11.3 Å². The van der Waals surface area contributed by atoms with Crippen molar-refractivity contribution in [3.05, 3.63) is 67.2 Å². The van der Waals surface area contributed by atoms with Crippen LogP contribution in [-0.4, -0.2) is 25.7 Å². The molecule has 0 saturated heterocycles. The molecule has 30 heavy (non-hydrogen) atoms. The highest BCUT2D eigenvalue weighted by Crippen LogP contribution is 2.27. The number of carbonyl (C=O) groups excluding carboxylic acids is 1. The summed E-state index contributed by atoms with van der Waals surface area (Å²) in [4.78, 5) is 18.7. The number of H-pyrrole nitrogens is 1. The second-order valence-corrected chi connectivity index (χ2v) is 9.62. The lowest BCUT2D eigenvalue weighted by atomic mass is 10.1. The molecule has 4 aromatic rings. The number of anilines is 1. The van der Waals surface area contributed by atoms with Gasteiger partial charge in [-0.1, -0.05) is 29.3 Å². The van der Waals surface area contributed by atoms with Gasteiger partial charge in [0.15, 0.2) is 15.7 Å². The first-order chi connectivity index (χ1) is 14.5. The number of rotatable bonds is 7. The average Bonchev–Trinajstić information content (AvgIpc) is 3.45. The minimum Gasteiger partial charge on any atom is -0.302 e. The van der Waals surface area contributed by atoms with Gasteiger partial charge in [-0.15, -0.1) is 22.7 Å². The summed E-state index contributed by atoms with van der Waals surface area (Å²) in [6, 6.07) is 9.28. The maximum Gasteiger partial charge on any atom is 0.227 e. The van der Waals surface area contributed by atoms with E-state index >= 15 is 0 Å². The van der Waals surface area contributed by atoms with Crippen molar-refractivity contribution in [3.63, 3.8) is 0 Å². The third-order valence-corrected chi connectivity index (χ3v) is 6.93. The number of amides is 1. The fraction of sp³-hybridized carbons (Fsp3) is 0.158. The predicted molar refractivity (Wildman–Crippen MR) is 125 cm³/mol. The molecule has 6 nitrogen and oxygen atoms in total. The van der Waals surface area contributed by atoms with Gasteiger partial charge < -0.3 is 5.32 Å². The monoisotopic (exact) mass is 495 g/mol. The van der Waals surface area contributed by atoms with Crippen LogP contribution < -0.4 is 5.32 Å². The van der Waals surface area contributed by atoms with Gasteiger partial charge in [0.2, 0.25) is 5.91 Å². The van der Waals surface area contributed by atoms with E-state index in [1.807, 2.05) is 28.1 Å². The molecule has 4 rings (SSSR count). The molecular weight excluding hydrogens is 481 g/mol. The van der Waals surface area contributed by atoms with Crippen LogP contribution in [0.15, 0.2) is 41.9 Å². The summed E-state index contributed by atoms with van der Waals surface area (Å²) in [5.41, 5.74) is 0.918. The zero-order chi connectivity index (χ0) is 21.1. The molecule has 0 spiro atoms. The number of aromatic amines is 1. The average molecular weight is 496 g/mol. The third kappa shape index (κ3) is 4.98. The van der Waals surface area contributed by atoms with Crippen LogP contribution in [0.3, 0.4) is 0 Å². The standard InChI is InChI=1S/C19H15Cl2N5OS3/c20-12-3-4-14(21)11(8-12)9-13-10-22-18(30-13)23-16(27)5-6-26-17(24-25-19(26)28)15-2-1-7-29-15/h1-4,7-8,10H,5-6,9H2,(H,25,28)(H,22,23,27). The summed E-state index contributed by atoms with van der Waals surface area (Å²) < 4.78 is 2.32. The number of thiazole rings is 1. The van der Waals surface area contributed by atoms with Gasteiger partial charge in [0, 0.05) is 40.5 Å². The Bertz CT molecular complexity index is 1230. The molecule has 1 amide bonds. The second-order valence-electron chi connectivity index (χ2n) is 6.32. The van der Waals surface area contributed by atoms with Crippen molar-refractivity contribution in [1.29, 1.82) is 0 Å². The molecule has 3 heterocycles. The van der Waals surface area contributed by atoms with Crippen molar-refractivity contribution < 1.29 is 4.79 Å². The highest BCUT2D eigenvalue weighted by atomic mass is 35.5. The maximum atomic E-state index is 12.4. The Hall–Kier alpha value is -2.04. The summed E-state index contributed by atoms with van der Waals surface area (Å²) in [6.45, 7) is 0.421. The van der Waals surface area contributed by atoms with E-state index < -0.39 is 0 Å². The summed E-state index contributed by atoms with van der Waals surface area (Å²) >= 11 is 20.6. The van der Waals surface area contributed by atoms with Crippen LogP contribution in [0.25, 0.3) is 10.7 Å². The first-order valence-electron chi connectivity index (χ1n) is 8.87. The first-order valence-corrected chi connectivity index (χ1v) is 11.7. The van der Waals surface area contributed by atoms with E-state index in [0.29, 0.717) is 32.9 Å². The van der Waals surface area contributed by atoms with Gasteiger partial charge in [0.1, 0.15) is 0 Å². The Morgan fingerprint density at radius 1 is 1.30 bits per heavy atom. The van der Waals surface area contributed by atoms with Crippen LogP contribution in [0.4, 0.5) is 5.13 Å². The fourth-order valence-electron chi connectivity index (χ4n) is 2.83. The topological polar surface area (TPSA) is 75.6 Å². The van der Waals surface area contributed by atoms with Crippen LogP contribution in [-0.2, 0) is 17.8 Å². The van der Waals surface area contributed by atoms with Crippen molar-refractivity contribution in [3.8, 4) is 10.7 Å². The van der Waals surface area contributed by atoms with Gasteiger partial charge >= 0.3 is 0 Å². The predicted octanol–water partition coefficient (Wildman–Crippen LogP) is 6.05. The van der Waals surface area contributed by atoms with Crippen molar-refractivity contribution in [2.45, 2.75) is 19.4 Å². The molecule has 3 aromatic heterocycles. The molecule has 0 saturated carbocycles. The fourth-order valence-corrected chi connectivity index (χ4v) is 5.00. The van der Waals surface area contributed by atoms with E-state index in [0.717, 1.165) is 21.1 Å². The minimum absolute atomic E-state index is 0.142. The molecule has 0 aliphatic rings. The van der Waals surface area contributed by atoms with Crippen LogP contribution in [0.1, 0.15) is 16.9 Å². The van der Waals surface area contributed by atoms with Crippen molar-refractivity contribution in [1.82, 2.24) is 19.7 Å². The largest absolute Gasteiger partial charge is 0.302 e. The van der Waals surface area contributed by atoms with E-state index in [4.69, 9.17) is 35.4 Å². The number of nitrogens with zero attached hydrogens (tertiary/aromatic N) is 3. The molecule has 0 aliphatic heterocycles. The highest BCUT2D eigenvalue weighted by molar-refractivity contribution is 7.71. The highest BCUT2D eigenvalue weighted by Gasteiger charge is 2.13. The number of halogens is 2. The van der Waals surface area contributed by atoms with E-state index in [2.05, 4.69) is 20.5 Å². The summed E-state index contributed by atoms with van der Waals surface area (Å²) in [5.74, 6) is 0.592. The molecule has 0 aliphatic carbocycles. The van der Waals surface area contributed by atoms with E-state index in [1.54, 1.807) is 29.7 Å². The Labute approximate surface area is 195 Å². The van der Waals surface area contributed by atoms with E-state index in [9.17, 15) is 4.79 Å². The number of hydrogen-bond acceptors (Lipinski definition) is 6. The third-order valence-electron chi connectivity index (χ3n) is 4.23. The van der Waals surface area contributed by atoms with Gasteiger partial charge in [-0.05, 0) is 47.4 Å². The minimum atomic E-state index is -0.142. The first kappa shape index (κ1) is 21.2. The Balaban J connectivity index is 1.37. The summed E-state index contributed by atoms with van der Waals surface area (Å²) in [6.07, 6.45) is 2.58.